The summed E-state index contributed by atoms with van der Waals surface area (Å²) in [5, 5.41) is 8.97. The second-order valence-corrected chi connectivity index (χ2v) is 6.93. The summed E-state index contributed by atoms with van der Waals surface area (Å²) in [6, 6.07) is 16.5. The third-order valence-electron chi connectivity index (χ3n) is 5.15. The Kier molecular flexibility index (Phi) is 5.44. The first-order valence-electron chi connectivity index (χ1n) is 9.46. The summed E-state index contributed by atoms with van der Waals surface area (Å²) in [6.45, 7) is 3.23. The summed E-state index contributed by atoms with van der Waals surface area (Å²) in [7, 11) is 1.70. The lowest BCUT2D eigenvalue weighted by atomic mass is 9.95. The van der Waals surface area contributed by atoms with Crippen molar-refractivity contribution in [2.45, 2.75) is 31.9 Å². The average Bonchev–Trinajstić information content (AvgIpc) is 3.12. The summed E-state index contributed by atoms with van der Waals surface area (Å²) < 4.78 is 7.58. The van der Waals surface area contributed by atoms with Gasteiger partial charge in [0.2, 0.25) is 0 Å². The van der Waals surface area contributed by atoms with E-state index in [9.17, 15) is 0 Å². The minimum atomic E-state index is 0.409. The van der Waals surface area contributed by atoms with Gasteiger partial charge in [0.25, 0.3) is 0 Å². The van der Waals surface area contributed by atoms with Crippen LogP contribution in [0, 0.1) is 0 Å². The van der Waals surface area contributed by atoms with Gasteiger partial charge in [-0.3, -0.25) is 0 Å². The second-order valence-electron chi connectivity index (χ2n) is 6.93. The number of pyridine rings is 1. The van der Waals surface area contributed by atoms with Crippen molar-refractivity contribution in [3.8, 4) is 0 Å². The quantitative estimate of drug-likeness (QED) is 0.673. The number of anilines is 1. The van der Waals surface area contributed by atoms with Crippen LogP contribution in [0.4, 0.5) is 5.82 Å². The highest BCUT2D eigenvalue weighted by molar-refractivity contribution is 5.38. The van der Waals surface area contributed by atoms with E-state index in [2.05, 4.69) is 55.0 Å². The van der Waals surface area contributed by atoms with Gasteiger partial charge in [0.15, 0.2) is 5.82 Å². The maximum Gasteiger partial charge on any atom is 0.159 e. The minimum Gasteiger partial charge on any atom is -0.377 e. The fourth-order valence-electron chi connectivity index (χ4n) is 3.73. The SMILES string of the molecule is COCc1nnc(C2CCN(c3ccccn3)CC2)n1Cc1ccccc1. The molecule has 0 aliphatic carbocycles. The van der Waals surface area contributed by atoms with E-state index in [1.54, 1.807) is 7.11 Å². The van der Waals surface area contributed by atoms with Crippen molar-refractivity contribution < 1.29 is 4.74 Å². The summed E-state index contributed by atoms with van der Waals surface area (Å²) in [5.41, 5.74) is 1.25. The van der Waals surface area contributed by atoms with Gasteiger partial charge in [0.05, 0.1) is 6.54 Å². The van der Waals surface area contributed by atoms with E-state index in [0.717, 1.165) is 49.9 Å². The van der Waals surface area contributed by atoms with Crippen LogP contribution in [0.15, 0.2) is 54.7 Å². The number of benzene rings is 1. The van der Waals surface area contributed by atoms with Crippen LogP contribution in [-0.4, -0.2) is 39.9 Å². The standard InChI is InChI=1S/C21H25N5O/c1-27-16-20-23-24-21(26(20)15-17-7-3-2-4-8-17)18-10-13-25(14-11-18)19-9-5-6-12-22-19/h2-9,12,18H,10-11,13-16H2,1H3. The van der Waals surface area contributed by atoms with Crippen LogP contribution in [0.3, 0.4) is 0 Å². The van der Waals surface area contributed by atoms with E-state index >= 15 is 0 Å². The first kappa shape index (κ1) is 17.7. The van der Waals surface area contributed by atoms with Crippen LogP contribution in [-0.2, 0) is 17.9 Å². The minimum absolute atomic E-state index is 0.409. The zero-order valence-corrected chi connectivity index (χ0v) is 15.7. The van der Waals surface area contributed by atoms with Gasteiger partial charge < -0.3 is 14.2 Å². The number of aromatic nitrogens is 4. The number of ether oxygens (including phenoxy) is 1. The second kappa shape index (κ2) is 8.31. The zero-order chi connectivity index (χ0) is 18.5. The number of hydrogen-bond donors (Lipinski definition) is 0. The lowest BCUT2D eigenvalue weighted by Gasteiger charge is -2.32. The largest absolute Gasteiger partial charge is 0.377 e. The molecule has 3 heterocycles. The highest BCUT2D eigenvalue weighted by Gasteiger charge is 2.26. The van der Waals surface area contributed by atoms with Gasteiger partial charge in [-0.25, -0.2) is 4.98 Å². The average molecular weight is 363 g/mol. The molecular weight excluding hydrogens is 338 g/mol. The molecule has 1 fully saturated rings. The maximum absolute atomic E-state index is 5.34. The first-order chi connectivity index (χ1) is 13.3. The van der Waals surface area contributed by atoms with E-state index in [4.69, 9.17) is 4.74 Å². The van der Waals surface area contributed by atoms with Crippen molar-refractivity contribution in [3.05, 3.63) is 71.9 Å². The van der Waals surface area contributed by atoms with Crippen molar-refractivity contribution in [1.29, 1.82) is 0 Å². The van der Waals surface area contributed by atoms with Crippen molar-refractivity contribution >= 4 is 5.82 Å². The van der Waals surface area contributed by atoms with Gasteiger partial charge >= 0.3 is 0 Å². The molecule has 0 radical (unpaired) electrons. The number of methoxy groups -OCH3 is 1. The van der Waals surface area contributed by atoms with E-state index < -0.39 is 0 Å². The first-order valence-corrected chi connectivity index (χ1v) is 9.46. The Morgan fingerprint density at radius 1 is 1.00 bits per heavy atom. The van der Waals surface area contributed by atoms with Crippen LogP contribution in [0.2, 0.25) is 0 Å². The van der Waals surface area contributed by atoms with Gasteiger partial charge in [-0.1, -0.05) is 36.4 Å². The fraction of sp³-hybridized carbons (Fsp3) is 0.381. The Balaban J connectivity index is 1.52. The molecule has 2 aromatic heterocycles. The topological polar surface area (TPSA) is 56.1 Å². The van der Waals surface area contributed by atoms with Gasteiger partial charge in [-0.2, -0.15) is 0 Å². The molecule has 6 nitrogen and oxygen atoms in total. The number of rotatable bonds is 6. The third-order valence-corrected chi connectivity index (χ3v) is 5.15. The van der Waals surface area contributed by atoms with Gasteiger partial charge in [0.1, 0.15) is 18.2 Å². The lowest BCUT2D eigenvalue weighted by Crippen LogP contribution is -2.34. The molecule has 0 amide bonds. The summed E-state index contributed by atoms with van der Waals surface area (Å²) in [6.07, 6.45) is 3.96. The van der Waals surface area contributed by atoms with Crippen molar-refractivity contribution in [2.75, 3.05) is 25.1 Å². The molecule has 0 bridgehead atoms. The molecule has 1 aliphatic rings. The van der Waals surface area contributed by atoms with Crippen LogP contribution in [0.1, 0.15) is 36.0 Å². The van der Waals surface area contributed by atoms with E-state index in [1.807, 2.05) is 24.4 Å². The lowest BCUT2D eigenvalue weighted by molar-refractivity contribution is 0.174. The zero-order valence-electron chi connectivity index (χ0n) is 15.7. The molecule has 0 atom stereocenters. The van der Waals surface area contributed by atoms with E-state index in [1.165, 1.54) is 5.56 Å². The van der Waals surface area contributed by atoms with Gasteiger partial charge in [0, 0.05) is 32.3 Å². The fourth-order valence-corrected chi connectivity index (χ4v) is 3.73. The molecular formula is C21H25N5O. The Bertz CT molecular complexity index is 842. The molecule has 0 unspecified atom stereocenters. The highest BCUT2D eigenvalue weighted by atomic mass is 16.5. The van der Waals surface area contributed by atoms with Crippen molar-refractivity contribution in [1.82, 2.24) is 19.7 Å². The molecule has 1 saturated heterocycles. The maximum atomic E-state index is 5.34. The molecule has 6 heteroatoms. The summed E-state index contributed by atoms with van der Waals surface area (Å²) in [4.78, 5) is 6.83. The predicted octanol–water partition coefficient (Wildman–Crippen LogP) is 3.25. The predicted molar refractivity (Wildman–Crippen MR) is 105 cm³/mol. The number of nitrogens with zero attached hydrogens (tertiary/aromatic N) is 5. The van der Waals surface area contributed by atoms with E-state index in [-0.39, 0.29) is 0 Å². The molecule has 3 aromatic rings. The van der Waals surface area contributed by atoms with Gasteiger partial charge in [-0.05, 0) is 30.5 Å². The van der Waals surface area contributed by atoms with E-state index in [0.29, 0.717) is 12.5 Å². The Morgan fingerprint density at radius 3 is 2.48 bits per heavy atom. The molecule has 0 spiro atoms. The summed E-state index contributed by atoms with van der Waals surface area (Å²) in [5.74, 6) is 3.43. The monoisotopic (exact) mass is 363 g/mol. The van der Waals surface area contributed by atoms with Crippen LogP contribution in [0.5, 0.6) is 0 Å². The number of hydrogen-bond acceptors (Lipinski definition) is 5. The number of piperidine rings is 1. The van der Waals surface area contributed by atoms with Crippen molar-refractivity contribution in [3.63, 3.8) is 0 Å². The van der Waals surface area contributed by atoms with Crippen molar-refractivity contribution in [2.24, 2.45) is 0 Å². The molecule has 27 heavy (non-hydrogen) atoms. The van der Waals surface area contributed by atoms with Crippen LogP contribution >= 0.6 is 0 Å². The molecule has 0 saturated carbocycles. The molecule has 4 rings (SSSR count). The normalized spacial score (nSPS) is 15.2. The highest BCUT2D eigenvalue weighted by Crippen LogP contribution is 2.29. The van der Waals surface area contributed by atoms with Crippen LogP contribution in [0.25, 0.3) is 0 Å². The Labute approximate surface area is 159 Å². The van der Waals surface area contributed by atoms with Crippen LogP contribution < -0.4 is 4.90 Å². The summed E-state index contributed by atoms with van der Waals surface area (Å²) >= 11 is 0. The Hall–Kier alpha value is -2.73. The Morgan fingerprint density at radius 2 is 1.78 bits per heavy atom. The smallest absolute Gasteiger partial charge is 0.159 e. The van der Waals surface area contributed by atoms with Gasteiger partial charge in [-0.15, -0.1) is 10.2 Å². The molecule has 1 aromatic carbocycles. The molecule has 1 aliphatic heterocycles. The third kappa shape index (κ3) is 4.01. The molecule has 140 valence electrons. The molecule has 0 N–H and O–H groups in total.